The van der Waals surface area contributed by atoms with E-state index in [-0.39, 0.29) is 0 Å². The summed E-state index contributed by atoms with van der Waals surface area (Å²) in [5.74, 6) is 0. The molecule has 0 aromatic heterocycles. The molecule has 0 radical (unpaired) electrons. The van der Waals surface area contributed by atoms with Crippen LogP contribution in [0, 0.1) is 0 Å². The van der Waals surface area contributed by atoms with Crippen LogP contribution in [0.2, 0.25) is 0 Å². The summed E-state index contributed by atoms with van der Waals surface area (Å²) in [5.41, 5.74) is 0.864. The molecule has 2 atom stereocenters. The van der Waals surface area contributed by atoms with Crippen LogP contribution >= 0.6 is 0 Å². The Morgan fingerprint density at radius 1 is 1.38 bits per heavy atom. The number of aryl methyl sites for hydroxylation is 1. The molecule has 0 amide bonds. The lowest BCUT2D eigenvalue weighted by atomic mass is 9.83. The molecule has 1 fully saturated rings. The number of hydrogen-bond acceptors (Lipinski definition) is 2. The van der Waals surface area contributed by atoms with Gasteiger partial charge < -0.3 is 10.4 Å². The van der Waals surface area contributed by atoms with Crippen LogP contribution < -0.4 is 5.32 Å². The van der Waals surface area contributed by atoms with E-state index in [1.54, 1.807) is 0 Å². The molecule has 0 aliphatic carbocycles. The summed E-state index contributed by atoms with van der Waals surface area (Å²) in [7, 11) is 0. The van der Waals surface area contributed by atoms with Crippen molar-refractivity contribution in [3.8, 4) is 0 Å². The van der Waals surface area contributed by atoms with Gasteiger partial charge in [-0.1, -0.05) is 30.3 Å². The van der Waals surface area contributed by atoms with Gasteiger partial charge in [-0.05, 0) is 44.7 Å². The first-order chi connectivity index (χ1) is 7.68. The maximum Gasteiger partial charge on any atom is 0.0677 e. The minimum Gasteiger partial charge on any atom is -0.390 e. The largest absolute Gasteiger partial charge is 0.390 e. The summed E-state index contributed by atoms with van der Waals surface area (Å²) >= 11 is 0. The first-order valence-electron chi connectivity index (χ1n) is 6.18. The van der Waals surface area contributed by atoms with Gasteiger partial charge in [0.15, 0.2) is 0 Å². The Morgan fingerprint density at radius 2 is 2.12 bits per heavy atom. The van der Waals surface area contributed by atoms with Crippen molar-refractivity contribution >= 4 is 0 Å². The molecule has 1 aliphatic rings. The molecule has 88 valence electrons. The van der Waals surface area contributed by atoms with Gasteiger partial charge in [-0.15, -0.1) is 0 Å². The fourth-order valence-electron chi connectivity index (χ4n) is 2.54. The van der Waals surface area contributed by atoms with Crippen LogP contribution in [0.1, 0.15) is 31.7 Å². The van der Waals surface area contributed by atoms with Crippen LogP contribution in [0.25, 0.3) is 0 Å². The summed E-state index contributed by atoms with van der Waals surface area (Å²) in [5, 5.41) is 13.8. The van der Waals surface area contributed by atoms with Crippen molar-refractivity contribution in [3.63, 3.8) is 0 Å². The van der Waals surface area contributed by atoms with Crippen molar-refractivity contribution in [3.05, 3.63) is 35.9 Å². The number of rotatable bonds is 3. The Bertz CT molecular complexity index is 325. The second kappa shape index (κ2) is 4.98. The molecule has 16 heavy (non-hydrogen) atoms. The highest BCUT2D eigenvalue weighted by Crippen LogP contribution is 2.26. The molecule has 1 heterocycles. The summed E-state index contributed by atoms with van der Waals surface area (Å²) in [6.07, 6.45) is 3.61. The Kier molecular flexibility index (Phi) is 3.62. The van der Waals surface area contributed by atoms with Crippen molar-refractivity contribution in [2.24, 2.45) is 0 Å². The van der Waals surface area contributed by atoms with E-state index in [4.69, 9.17) is 0 Å². The standard InChI is InChI=1S/C14H21NO/c1-12-11-14(16,9-10-15-12)8-7-13-5-3-2-4-6-13/h2-6,12,15-16H,7-11H2,1H3. The first kappa shape index (κ1) is 11.6. The third-order valence-electron chi connectivity index (χ3n) is 3.49. The molecule has 2 heteroatoms. The highest BCUT2D eigenvalue weighted by Gasteiger charge is 2.31. The molecular weight excluding hydrogens is 198 g/mol. The molecule has 0 bridgehead atoms. The topological polar surface area (TPSA) is 32.3 Å². The normalized spacial score (nSPS) is 30.2. The predicted molar refractivity (Wildman–Crippen MR) is 66.4 cm³/mol. The molecular formula is C14H21NO. The number of benzene rings is 1. The minimum absolute atomic E-state index is 0.439. The zero-order valence-electron chi connectivity index (χ0n) is 9.95. The summed E-state index contributed by atoms with van der Waals surface area (Å²) in [6, 6.07) is 10.9. The van der Waals surface area contributed by atoms with E-state index in [0.29, 0.717) is 6.04 Å². The lowest BCUT2D eigenvalue weighted by molar-refractivity contribution is -0.00890. The van der Waals surface area contributed by atoms with Crippen LogP contribution in [0.15, 0.2) is 30.3 Å². The molecule has 2 rings (SSSR count). The van der Waals surface area contributed by atoms with Crippen molar-refractivity contribution in [1.29, 1.82) is 0 Å². The number of piperidine rings is 1. The van der Waals surface area contributed by atoms with Gasteiger partial charge >= 0.3 is 0 Å². The van der Waals surface area contributed by atoms with Crippen LogP contribution in [0.4, 0.5) is 0 Å². The number of aliphatic hydroxyl groups is 1. The smallest absolute Gasteiger partial charge is 0.0677 e. The van der Waals surface area contributed by atoms with Gasteiger partial charge in [0.1, 0.15) is 0 Å². The maximum absolute atomic E-state index is 10.5. The van der Waals surface area contributed by atoms with E-state index in [0.717, 1.165) is 32.2 Å². The predicted octanol–water partition coefficient (Wildman–Crippen LogP) is 2.12. The molecule has 2 unspecified atom stereocenters. The van der Waals surface area contributed by atoms with Crippen LogP contribution in [-0.4, -0.2) is 23.3 Å². The molecule has 2 nitrogen and oxygen atoms in total. The second-order valence-corrected chi connectivity index (χ2v) is 5.02. The Morgan fingerprint density at radius 3 is 2.81 bits per heavy atom. The lowest BCUT2D eigenvalue weighted by Gasteiger charge is -2.36. The molecule has 0 spiro atoms. The van der Waals surface area contributed by atoms with Gasteiger partial charge in [0, 0.05) is 6.04 Å². The van der Waals surface area contributed by atoms with Gasteiger partial charge in [0.25, 0.3) is 0 Å². The van der Waals surface area contributed by atoms with E-state index in [9.17, 15) is 5.11 Å². The van der Waals surface area contributed by atoms with E-state index >= 15 is 0 Å². The fraction of sp³-hybridized carbons (Fsp3) is 0.571. The number of hydrogen-bond donors (Lipinski definition) is 2. The molecule has 0 saturated carbocycles. The van der Waals surface area contributed by atoms with E-state index < -0.39 is 5.60 Å². The molecule has 1 saturated heterocycles. The third kappa shape index (κ3) is 3.06. The van der Waals surface area contributed by atoms with Gasteiger partial charge in [-0.2, -0.15) is 0 Å². The Balaban J connectivity index is 1.89. The lowest BCUT2D eigenvalue weighted by Crippen LogP contribution is -2.46. The van der Waals surface area contributed by atoms with Gasteiger partial charge in [0.2, 0.25) is 0 Å². The average Bonchev–Trinajstić information content (AvgIpc) is 2.28. The monoisotopic (exact) mass is 219 g/mol. The van der Waals surface area contributed by atoms with Crippen molar-refractivity contribution in [2.75, 3.05) is 6.54 Å². The van der Waals surface area contributed by atoms with Crippen molar-refractivity contribution in [2.45, 2.75) is 44.2 Å². The van der Waals surface area contributed by atoms with Crippen molar-refractivity contribution < 1.29 is 5.11 Å². The van der Waals surface area contributed by atoms with Crippen LogP contribution in [-0.2, 0) is 6.42 Å². The van der Waals surface area contributed by atoms with Gasteiger partial charge in [-0.3, -0.25) is 0 Å². The average molecular weight is 219 g/mol. The summed E-state index contributed by atoms with van der Waals surface area (Å²) in [4.78, 5) is 0. The SMILES string of the molecule is CC1CC(O)(CCc2ccccc2)CCN1. The summed E-state index contributed by atoms with van der Waals surface area (Å²) in [6.45, 7) is 3.08. The molecule has 1 aromatic rings. The van der Waals surface area contributed by atoms with Gasteiger partial charge in [-0.25, -0.2) is 0 Å². The number of nitrogens with one attached hydrogen (secondary N) is 1. The quantitative estimate of drug-likeness (QED) is 0.816. The van der Waals surface area contributed by atoms with Crippen LogP contribution in [0.3, 0.4) is 0 Å². The molecule has 1 aliphatic heterocycles. The minimum atomic E-state index is -0.458. The summed E-state index contributed by atoms with van der Waals surface area (Å²) < 4.78 is 0. The first-order valence-corrected chi connectivity index (χ1v) is 6.18. The zero-order chi connectivity index (χ0) is 11.4. The highest BCUT2D eigenvalue weighted by atomic mass is 16.3. The zero-order valence-corrected chi connectivity index (χ0v) is 9.95. The fourth-order valence-corrected chi connectivity index (χ4v) is 2.54. The molecule has 1 aromatic carbocycles. The Hall–Kier alpha value is -0.860. The Labute approximate surface area is 97.7 Å². The maximum atomic E-state index is 10.5. The third-order valence-corrected chi connectivity index (χ3v) is 3.49. The van der Waals surface area contributed by atoms with E-state index in [1.165, 1.54) is 5.56 Å². The van der Waals surface area contributed by atoms with E-state index in [2.05, 4.69) is 36.5 Å². The highest BCUT2D eigenvalue weighted by molar-refractivity contribution is 5.15. The van der Waals surface area contributed by atoms with Gasteiger partial charge in [0.05, 0.1) is 5.60 Å². The van der Waals surface area contributed by atoms with E-state index in [1.807, 2.05) is 6.07 Å². The van der Waals surface area contributed by atoms with Crippen molar-refractivity contribution in [1.82, 2.24) is 5.32 Å². The molecule has 2 N–H and O–H groups in total. The van der Waals surface area contributed by atoms with Crippen LogP contribution in [0.5, 0.6) is 0 Å². The second-order valence-electron chi connectivity index (χ2n) is 5.02.